The number of rotatable bonds is 4. The minimum absolute atomic E-state index is 0.179. The molecule has 3 rings (SSSR count). The summed E-state index contributed by atoms with van der Waals surface area (Å²) in [5.74, 6) is -0.179. The summed E-state index contributed by atoms with van der Waals surface area (Å²) in [5.41, 5.74) is 2.50. The van der Waals surface area contributed by atoms with Crippen LogP contribution in [-0.4, -0.2) is 25.3 Å². The number of thioether (sulfide) groups is 1. The van der Waals surface area contributed by atoms with E-state index in [1.165, 1.54) is 24.9 Å². The zero-order chi connectivity index (χ0) is 16.9. The van der Waals surface area contributed by atoms with Gasteiger partial charge in [-0.25, -0.2) is 0 Å². The summed E-state index contributed by atoms with van der Waals surface area (Å²) in [6, 6.07) is 13.5. The molecule has 24 heavy (non-hydrogen) atoms. The van der Waals surface area contributed by atoms with E-state index in [1.54, 1.807) is 17.8 Å². The first-order chi connectivity index (χ1) is 11.7. The molecule has 1 aliphatic heterocycles. The van der Waals surface area contributed by atoms with Crippen LogP contribution >= 0.6 is 23.4 Å². The van der Waals surface area contributed by atoms with Gasteiger partial charge in [-0.15, -0.1) is 11.8 Å². The third kappa shape index (κ3) is 4.05. The van der Waals surface area contributed by atoms with Gasteiger partial charge in [0.05, 0.1) is 10.6 Å². The number of nitrogens with zero attached hydrogens (tertiary/aromatic N) is 1. The molecule has 1 amide bonds. The lowest BCUT2D eigenvalue weighted by Gasteiger charge is -2.28. The van der Waals surface area contributed by atoms with Crippen LogP contribution in [0.1, 0.15) is 29.6 Å². The Morgan fingerprint density at radius 2 is 1.79 bits per heavy atom. The summed E-state index contributed by atoms with van der Waals surface area (Å²) in [5, 5.41) is 3.40. The fourth-order valence-electron chi connectivity index (χ4n) is 2.91. The molecule has 1 N–H and O–H groups in total. The van der Waals surface area contributed by atoms with Crippen molar-refractivity contribution in [1.29, 1.82) is 0 Å². The van der Waals surface area contributed by atoms with Crippen LogP contribution in [0.2, 0.25) is 5.02 Å². The maximum absolute atomic E-state index is 12.5. The Balaban J connectivity index is 1.70. The average molecular weight is 361 g/mol. The van der Waals surface area contributed by atoms with Crippen LogP contribution in [0.15, 0.2) is 47.4 Å². The lowest BCUT2D eigenvalue weighted by Crippen LogP contribution is -2.29. The fourth-order valence-corrected chi connectivity index (χ4v) is 3.55. The minimum atomic E-state index is -0.179. The lowest BCUT2D eigenvalue weighted by molar-refractivity contribution is 0.102. The van der Waals surface area contributed by atoms with E-state index in [0.717, 1.165) is 23.7 Å². The SMILES string of the molecule is CSc1ccc(Cl)c(C(=O)Nc2ccc(N3CCCCC3)cc2)c1. The van der Waals surface area contributed by atoms with E-state index in [0.29, 0.717) is 10.6 Å². The second-order valence-electron chi connectivity index (χ2n) is 5.89. The van der Waals surface area contributed by atoms with Crippen LogP contribution in [-0.2, 0) is 0 Å². The third-order valence-corrected chi connectivity index (χ3v) is 5.32. The van der Waals surface area contributed by atoms with E-state index >= 15 is 0 Å². The van der Waals surface area contributed by atoms with Crippen LogP contribution < -0.4 is 10.2 Å². The van der Waals surface area contributed by atoms with Crippen molar-refractivity contribution in [2.75, 3.05) is 29.6 Å². The number of piperidine rings is 1. The van der Waals surface area contributed by atoms with Crippen molar-refractivity contribution in [2.45, 2.75) is 24.2 Å². The van der Waals surface area contributed by atoms with Crippen molar-refractivity contribution in [3.8, 4) is 0 Å². The molecule has 2 aromatic carbocycles. The zero-order valence-electron chi connectivity index (χ0n) is 13.7. The largest absolute Gasteiger partial charge is 0.372 e. The number of amides is 1. The van der Waals surface area contributed by atoms with Crippen molar-refractivity contribution in [2.24, 2.45) is 0 Å². The first-order valence-electron chi connectivity index (χ1n) is 8.17. The first kappa shape index (κ1) is 17.2. The summed E-state index contributed by atoms with van der Waals surface area (Å²) < 4.78 is 0. The van der Waals surface area contributed by atoms with Crippen molar-refractivity contribution in [1.82, 2.24) is 0 Å². The van der Waals surface area contributed by atoms with E-state index in [9.17, 15) is 4.79 Å². The molecule has 0 bridgehead atoms. The molecule has 2 aromatic rings. The highest BCUT2D eigenvalue weighted by Crippen LogP contribution is 2.25. The molecule has 1 fully saturated rings. The third-order valence-electron chi connectivity index (χ3n) is 4.26. The summed E-state index contributed by atoms with van der Waals surface area (Å²) in [4.78, 5) is 15.9. The van der Waals surface area contributed by atoms with Crippen LogP contribution in [0.5, 0.6) is 0 Å². The van der Waals surface area contributed by atoms with Gasteiger partial charge in [-0.05, 0) is 68.0 Å². The van der Waals surface area contributed by atoms with E-state index in [1.807, 2.05) is 30.5 Å². The molecule has 3 nitrogen and oxygen atoms in total. The molecule has 1 heterocycles. The van der Waals surface area contributed by atoms with Gasteiger partial charge in [0.1, 0.15) is 0 Å². The van der Waals surface area contributed by atoms with E-state index < -0.39 is 0 Å². The monoisotopic (exact) mass is 360 g/mol. The van der Waals surface area contributed by atoms with Crippen molar-refractivity contribution >= 4 is 40.6 Å². The second kappa shape index (κ2) is 7.95. The van der Waals surface area contributed by atoms with Gasteiger partial charge in [-0.3, -0.25) is 4.79 Å². The normalized spacial score (nSPS) is 14.5. The fraction of sp³-hybridized carbons (Fsp3) is 0.316. The topological polar surface area (TPSA) is 32.3 Å². The minimum Gasteiger partial charge on any atom is -0.372 e. The zero-order valence-corrected chi connectivity index (χ0v) is 15.3. The van der Waals surface area contributed by atoms with Crippen molar-refractivity contribution in [3.05, 3.63) is 53.1 Å². The van der Waals surface area contributed by atoms with E-state index in [-0.39, 0.29) is 5.91 Å². The number of hydrogen-bond acceptors (Lipinski definition) is 3. The number of halogens is 1. The van der Waals surface area contributed by atoms with Gasteiger partial charge >= 0.3 is 0 Å². The average Bonchev–Trinajstić information content (AvgIpc) is 2.63. The number of benzene rings is 2. The van der Waals surface area contributed by atoms with Crippen molar-refractivity contribution < 1.29 is 4.79 Å². The van der Waals surface area contributed by atoms with Crippen LogP contribution in [0.3, 0.4) is 0 Å². The Morgan fingerprint density at radius 3 is 2.46 bits per heavy atom. The summed E-state index contributed by atoms with van der Waals surface area (Å²) in [6.45, 7) is 2.23. The smallest absolute Gasteiger partial charge is 0.257 e. The molecule has 0 aromatic heterocycles. The molecule has 0 spiro atoms. The first-order valence-corrected chi connectivity index (χ1v) is 9.77. The van der Waals surface area contributed by atoms with Crippen LogP contribution in [0.25, 0.3) is 0 Å². The lowest BCUT2D eigenvalue weighted by atomic mass is 10.1. The Hall–Kier alpha value is -1.65. The van der Waals surface area contributed by atoms with Gasteiger partial charge < -0.3 is 10.2 Å². The van der Waals surface area contributed by atoms with Gasteiger partial charge in [0.15, 0.2) is 0 Å². The summed E-state index contributed by atoms with van der Waals surface area (Å²) in [7, 11) is 0. The molecule has 0 unspecified atom stereocenters. The van der Waals surface area contributed by atoms with Gasteiger partial charge in [0.25, 0.3) is 5.91 Å². The van der Waals surface area contributed by atoms with E-state index in [4.69, 9.17) is 11.6 Å². The molecule has 1 aliphatic rings. The second-order valence-corrected chi connectivity index (χ2v) is 7.18. The van der Waals surface area contributed by atoms with Gasteiger partial charge in [-0.2, -0.15) is 0 Å². The number of carbonyl (C=O) groups excluding carboxylic acids is 1. The molecule has 0 atom stereocenters. The molecule has 0 saturated carbocycles. The van der Waals surface area contributed by atoms with Gasteiger partial charge in [0, 0.05) is 29.4 Å². The molecule has 0 aliphatic carbocycles. The molecule has 126 valence electrons. The van der Waals surface area contributed by atoms with E-state index in [2.05, 4.69) is 22.3 Å². The number of nitrogens with one attached hydrogen (secondary N) is 1. The Bertz CT molecular complexity index is 712. The predicted octanol–water partition coefficient (Wildman–Crippen LogP) is 5.30. The Kier molecular flexibility index (Phi) is 5.69. The number of carbonyl (C=O) groups is 1. The quantitative estimate of drug-likeness (QED) is 0.750. The maximum Gasteiger partial charge on any atom is 0.257 e. The maximum atomic E-state index is 12.5. The molecule has 0 radical (unpaired) electrons. The summed E-state index contributed by atoms with van der Waals surface area (Å²) >= 11 is 7.75. The van der Waals surface area contributed by atoms with Crippen LogP contribution in [0, 0.1) is 0 Å². The number of hydrogen-bond donors (Lipinski definition) is 1. The standard InChI is InChI=1S/C19H21ClN2OS/c1-24-16-9-10-18(20)17(13-16)19(23)21-14-5-7-15(8-6-14)22-11-3-2-4-12-22/h5-10,13H,2-4,11-12H2,1H3,(H,21,23). The number of anilines is 2. The molecule has 5 heteroatoms. The Morgan fingerprint density at radius 1 is 1.08 bits per heavy atom. The highest BCUT2D eigenvalue weighted by molar-refractivity contribution is 7.98. The highest BCUT2D eigenvalue weighted by Gasteiger charge is 2.13. The van der Waals surface area contributed by atoms with Crippen molar-refractivity contribution in [3.63, 3.8) is 0 Å². The van der Waals surface area contributed by atoms with Crippen LogP contribution in [0.4, 0.5) is 11.4 Å². The molecular weight excluding hydrogens is 340 g/mol. The molecule has 1 saturated heterocycles. The van der Waals surface area contributed by atoms with Gasteiger partial charge in [0.2, 0.25) is 0 Å². The van der Waals surface area contributed by atoms with Gasteiger partial charge in [-0.1, -0.05) is 11.6 Å². The Labute approximate surface area is 152 Å². The molecular formula is C19H21ClN2OS. The summed E-state index contributed by atoms with van der Waals surface area (Å²) in [6.07, 6.45) is 5.80. The highest BCUT2D eigenvalue weighted by atomic mass is 35.5. The predicted molar refractivity (Wildman–Crippen MR) is 104 cm³/mol.